The van der Waals surface area contributed by atoms with Gasteiger partial charge in [-0.05, 0) is 33.1 Å². The molecule has 5 nitrogen and oxygen atoms in total. The van der Waals surface area contributed by atoms with Crippen molar-refractivity contribution >= 4 is 17.7 Å². The molecule has 2 heterocycles. The molecule has 6 heteroatoms. The van der Waals surface area contributed by atoms with Gasteiger partial charge in [-0.2, -0.15) is 0 Å². The Hall–Kier alpha value is -1.01. The van der Waals surface area contributed by atoms with Crippen molar-refractivity contribution in [3.05, 3.63) is 11.4 Å². The fourth-order valence-corrected chi connectivity index (χ4v) is 4.93. The van der Waals surface area contributed by atoms with Crippen LogP contribution in [0, 0.1) is 13.8 Å². The number of carbonyl (C=O) groups excluding carboxylic acids is 1. The van der Waals surface area contributed by atoms with Crippen LogP contribution in [-0.2, 0) is 16.1 Å². The van der Waals surface area contributed by atoms with Crippen molar-refractivity contribution in [2.75, 3.05) is 18.9 Å². The Labute approximate surface area is 155 Å². The number of thioether (sulfide) groups is 1. The van der Waals surface area contributed by atoms with E-state index in [-0.39, 0.29) is 12.0 Å². The van der Waals surface area contributed by atoms with Gasteiger partial charge in [0.25, 0.3) is 0 Å². The number of aromatic nitrogens is 2. The lowest BCUT2D eigenvalue weighted by molar-refractivity contribution is -0.146. The first-order valence-corrected chi connectivity index (χ1v) is 10.7. The molecular weight excluding hydrogens is 334 g/mol. The fraction of sp³-hybridized carbons (Fsp3) is 0.789. The minimum atomic E-state index is 0.241. The Balaban J connectivity index is 1.63. The molecule has 1 aliphatic carbocycles. The maximum Gasteiger partial charge on any atom is 0.233 e. The van der Waals surface area contributed by atoms with Gasteiger partial charge in [-0.15, -0.1) is 0 Å². The third-order valence-electron chi connectivity index (χ3n) is 5.54. The smallest absolute Gasteiger partial charge is 0.233 e. The van der Waals surface area contributed by atoms with Crippen LogP contribution in [0.4, 0.5) is 0 Å². The first kappa shape index (κ1) is 18.8. The van der Waals surface area contributed by atoms with Crippen LogP contribution in [0.15, 0.2) is 5.16 Å². The first-order valence-electron chi connectivity index (χ1n) is 9.69. The lowest BCUT2D eigenvalue weighted by Gasteiger charge is -2.43. The number of carbonyl (C=O) groups is 1. The third kappa shape index (κ3) is 4.22. The van der Waals surface area contributed by atoms with Crippen molar-refractivity contribution in [1.29, 1.82) is 0 Å². The molecule has 0 radical (unpaired) electrons. The van der Waals surface area contributed by atoms with Crippen molar-refractivity contribution in [1.82, 2.24) is 14.5 Å². The molecule has 1 saturated carbocycles. The molecule has 140 valence electrons. The summed E-state index contributed by atoms with van der Waals surface area (Å²) >= 11 is 1.59. The van der Waals surface area contributed by atoms with E-state index < -0.39 is 0 Å². The molecule has 0 spiro atoms. The number of imidazole rings is 1. The van der Waals surface area contributed by atoms with Crippen molar-refractivity contribution in [2.45, 2.75) is 83.1 Å². The fourth-order valence-electron chi connectivity index (χ4n) is 3.93. The maximum atomic E-state index is 12.9. The highest BCUT2D eigenvalue weighted by Crippen LogP contribution is 2.29. The summed E-state index contributed by atoms with van der Waals surface area (Å²) in [6.07, 6.45) is 7.19. The highest BCUT2D eigenvalue weighted by Gasteiger charge is 2.36. The Morgan fingerprint density at radius 2 is 2.12 bits per heavy atom. The average molecular weight is 366 g/mol. The third-order valence-corrected chi connectivity index (χ3v) is 6.50. The van der Waals surface area contributed by atoms with Crippen molar-refractivity contribution in [2.24, 2.45) is 0 Å². The lowest BCUT2D eigenvalue weighted by atomic mass is 9.90. The molecule has 2 atom stereocenters. The molecule has 1 aromatic rings. The monoisotopic (exact) mass is 365 g/mol. The average Bonchev–Trinajstić information content (AvgIpc) is 2.91. The summed E-state index contributed by atoms with van der Waals surface area (Å²) in [4.78, 5) is 19.6. The molecule has 0 N–H and O–H groups in total. The van der Waals surface area contributed by atoms with E-state index in [0.717, 1.165) is 49.6 Å². The molecule has 1 aliphatic heterocycles. The Bertz CT molecular complexity index is 600. The number of ether oxygens (including phenoxy) is 1. The van der Waals surface area contributed by atoms with Gasteiger partial charge in [0.15, 0.2) is 5.16 Å². The second-order valence-electron chi connectivity index (χ2n) is 7.21. The van der Waals surface area contributed by atoms with Crippen LogP contribution in [-0.4, -0.2) is 51.4 Å². The summed E-state index contributed by atoms with van der Waals surface area (Å²) in [5, 5.41) is 0.991. The molecule has 0 bridgehead atoms. The number of fused-ring (bicyclic) bond motifs is 1. The van der Waals surface area contributed by atoms with Crippen LogP contribution in [0.2, 0.25) is 0 Å². The normalized spacial score (nSPS) is 23.6. The zero-order valence-corrected chi connectivity index (χ0v) is 16.6. The van der Waals surface area contributed by atoms with Crippen molar-refractivity contribution in [3.63, 3.8) is 0 Å². The highest BCUT2D eigenvalue weighted by molar-refractivity contribution is 7.99. The maximum absolute atomic E-state index is 12.9. The number of morpholine rings is 1. The number of amides is 1. The molecule has 1 amide bonds. The van der Waals surface area contributed by atoms with Gasteiger partial charge >= 0.3 is 0 Å². The van der Waals surface area contributed by atoms with E-state index in [1.54, 1.807) is 11.8 Å². The van der Waals surface area contributed by atoms with Crippen LogP contribution in [0.5, 0.6) is 0 Å². The predicted molar refractivity (Wildman–Crippen MR) is 101 cm³/mol. The molecule has 1 saturated heterocycles. The van der Waals surface area contributed by atoms with Gasteiger partial charge in [0.05, 0.1) is 30.2 Å². The molecule has 0 aromatic carbocycles. The summed E-state index contributed by atoms with van der Waals surface area (Å²) in [6.45, 7) is 8.79. The summed E-state index contributed by atoms with van der Waals surface area (Å²) in [7, 11) is 0. The number of rotatable bonds is 6. The molecular formula is C19H31N3O2S. The van der Waals surface area contributed by atoms with Gasteiger partial charge in [-0.25, -0.2) is 4.98 Å². The predicted octanol–water partition coefficient (Wildman–Crippen LogP) is 3.56. The molecule has 2 aliphatic rings. The van der Waals surface area contributed by atoms with Gasteiger partial charge in [-0.3, -0.25) is 4.79 Å². The molecule has 1 aromatic heterocycles. The Kier molecular flexibility index (Phi) is 6.44. The van der Waals surface area contributed by atoms with E-state index in [9.17, 15) is 4.79 Å². The molecule has 25 heavy (non-hydrogen) atoms. The summed E-state index contributed by atoms with van der Waals surface area (Å²) < 4.78 is 8.17. The largest absolute Gasteiger partial charge is 0.374 e. The van der Waals surface area contributed by atoms with E-state index in [4.69, 9.17) is 9.72 Å². The molecule has 0 unspecified atom stereocenters. The Morgan fingerprint density at radius 1 is 1.32 bits per heavy atom. The Morgan fingerprint density at radius 3 is 2.92 bits per heavy atom. The second-order valence-corrected chi connectivity index (χ2v) is 8.15. The minimum absolute atomic E-state index is 0.241. The molecule has 2 fully saturated rings. The number of hydrogen-bond donors (Lipinski definition) is 0. The van der Waals surface area contributed by atoms with E-state index in [1.807, 2.05) is 0 Å². The van der Waals surface area contributed by atoms with Crippen LogP contribution in [0.3, 0.4) is 0 Å². The molecule has 3 rings (SSSR count). The summed E-state index contributed by atoms with van der Waals surface area (Å²) in [5.74, 6) is 0.719. The zero-order valence-electron chi connectivity index (χ0n) is 15.8. The second kappa shape index (κ2) is 8.58. The number of nitrogens with zero attached hydrogens (tertiary/aromatic N) is 3. The van der Waals surface area contributed by atoms with E-state index in [0.29, 0.717) is 18.4 Å². The van der Waals surface area contributed by atoms with Gasteiger partial charge in [-0.1, -0.05) is 37.9 Å². The van der Waals surface area contributed by atoms with E-state index in [2.05, 4.69) is 30.2 Å². The van der Waals surface area contributed by atoms with Crippen LogP contribution in [0.1, 0.15) is 56.8 Å². The van der Waals surface area contributed by atoms with Crippen molar-refractivity contribution in [3.8, 4) is 0 Å². The number of hydrogen-bond acceptors (Lipinski definition) is 4. The SMILES string of the molecule is CCCCn1c(SCC(=O)N2CCO[C@H]3CCCC[C@@H]32)nc(C)c1C. The standard InChI is InChI=1S/C19H31N3O2S/c1-4-5-10-21-15(3)14(2)20-19(21)25-13-18(23)22-11-12-24-17-9-7-6-8-16(17)22/h16-17H,4-13H2,1-3H3/t16-,17-/m0/s1. The summed E-state index contributed by atoms with van der Waals surface area (Å²) in [5.41, 5.74) is 2.30. The summed E-state index contributed by atoms with van der Waals surface area (Å²) in [6, 6.07) is 0.291. The van der Waals surface area contributed by atoms with Gasteiger partial charge in [0, 0.05) is 18.8 Å². The van der Waals surface area contributed by atoms with Gasteiger partial charge in [0.2, 0.25) is 5.91 Å². The zero-order chi connectivity index (χ0) is 17.8. The van der Waals surface area contributed by atoms with Crippen LogP contribution < -0.4 is 0 Å². The quantitative estimate of drug-likeness (QED) is 0.723. The number of unbranched alkanes of at least 4 members (excludes halogenated alkanes) is 1. The first-order chi connectivity index (χ1) is 12.1. The van der Waals surface area contributed by atoms with Crippen LogP contribution >= 0.6 is 11.8 Å². The van der Waals surface area contributed by atoms with Crippen molar-refractivity contribution < 1.29 is 9.53 Å². The van der Waals surface area contributed by atoms with Gasteiger partial charge < -0.3 is 14.2 Å². The lowest BCUT2D eigenvalue weighted by Crippen LogP contribution is -2.55. The van der Waals surface area contributed by atoms with Gasteiger partial charge in [0.1, 0.15) is 0 Å². The highest BCUT2D eigenvalue weighted by atomic mass is 32.2. The van der Waals surface area contributed by atoms with Crippen LogP contribution in [0.25, 0.3) is 0 Å². The topological polar surface area (TPSA) is 47.4 Å². The van der Waals surface area contributed by atoms with E-state index in [1.165, 1.54) is 18.5 Å². The number of aryl methyl sites for hydroxylation is 1. The van der Waals surface area contributed by atoms with E-state index >= 15 is 0 Å². The minimum Gasteiger partial charge on any atom is -0.374 e.